The van der Waals surface area contributed by atoms with E-state index in [1.54, 1.807) is 18.2 Å². The first-order chi connectivity index (χ1) is 12.8. The fourth-order valence-corrected chi connectivity index (χ4v) is 2.70. The number of aromatic carboxylic acids is 1. The normalized spacial score (nSPS) is 11.0. The number of hydrogen-bond donors (Lipinski definition) is 1. The second-order valence-electron chi connectivity index (χ2n) is 6.45. The molecule has 0 aliphatic carbocycles. The van der Waals surface area contributed by atoms with E-state index in [1.165, 1.54) is 25.3 Å². The number of aromatic nitrogens is 2. The van der Waals surface area contributed by atoms with Gasteiger partial charge < -0.3 is 14.7 Å². The number of ether oxygens (including phenoxy) is 1. The van der Waals surface area contributed by atoms with Crippen LogP contribution in [0.1, 0.15) is 24.2 Å². The molecule has 3 aromatic rings. The van der Waals surface area contributed by atoms with Crippen molar-refractivity contribution in [1.82, 2.24) is 9.97 Å². The van der Waals surface area contributed by atoms with Crippen molar-refractivity contribution in [2.24, 2.45) is 0 Å². The van der Waals surface area contributed by atoms with Crippen LogP contribution in [0.2, 0.25) is 0 Å². The number of hydrogen-bond acceptors (Lipinski definition) is 5. The monoisotopic (exact) mass is 369 g/mol. The Kier molecular flexibility index (Phi) is 4.94. The molecule has 27 heavy (non-hydrogen) atoms. The number of carboxylic acids is 1. The molecule has 0 radical (unpaired) electrons. The van der Waals surface area contributed by atoms with Crippen LogP contribution in [0.3, 0.4) is 0 Å². The minimum absolute atomic E-state index is 0.0204. The Labute approximate surface area is 156 Å². The summed E-state index contributed by atoms with van der Waals surface area (Å²) in [6, 6.07) is 9.17. The predicted molar refractivity (Wildman–Crippen MR) is 102 cm³/mol. The van der Waals surface area contributed by atoms with Crippen LogP contribution in [-0.4, -0.2) is 41.2 Å². The molecule has 0 amide bonds. The molecule has 0 fully saturated rings. The van der Waals surface area contributed by atoms with Gasteiger partial charge in [-0.05, 0) is 44.2 Å². The Morgan fingerprint density at radius 3 is 2.33 bits per heavy atom. The summed E-state index contributed by atoms with van der Waals surface area (Å²) in [4.78, 5) is 22.8. The van der Waals surface area contributed by atoms with Crippen molar-refractivity contribution in [1.29, 1.82) is 0 Å². The van der Waals surface area contributed by atoms with E-state index in [9.17, 15) is 14.3 Å². The maximum absolute atomic E-state index is 13.3. The average Bonchev–Trinajstić information content (AvgIpc) is 2.65. The second kappa shape index (κ2) is 7.19. The first-order valence-corrected chi connectivity index (χ1v) is 8.43. The maximum atomic E-state index is 13.3. The van der Waals surface area contributed by atoms with Crippen LogP contribution in [-0.2, 0) is 0 Å². The highest BCUT2D eigenvalue weighted by Gasteiger charge is 2.20. The third-order valence-corrected chi connectivity index (χ3v) is 4.42. The van der Waals surface area contributed by atoms with Crippen LogP contribution in [0.4, 0.5) is 10.2 Å². The Bertz CT molecular complexity index is 1000. The molecule has 0 bridgehead atoms. The highest BCUT2D eigenvalue weighted by atomic mass is 19.1. The summed E-state index contributed by atoms with van der Waals surface area (Å²) in [7, 11) is 3.29. The Balaban J connectivity index is 2.31. The molecule has 0 saturated carbocycles. The lowest BCUT2D eigenvalue weighted by Crippen LogP contribution is -2.27. The third-order valence-electron chi connectivity index (χ3n) is 4.42. The van der Waals surface area contributed by atoms with E-state index >= 15 is 0 Å². The number of carbonyl (C=O) groups is 1. The van der Waals surface area contributed by atoms with Gasteiger partial charge in [-0.1, -0.05) is 0 Å². The fraction of sp³-hybridized carbons (Fsp3) is 0.250. The van der Waals surface area contributed by atoms with E-state index in [-0.39, 0.29) is 23.2 Å². The summed E-state index contributed by atoms with van der Waals surface area (Å²) in [5, 5.41) is 9.41. The van der Waals surface area contributed by atoms with Crippen molar-refractivity contribution in [3.63, 3.8) is 0 Å². The second-order valence-corrected chi connectivity index (χ2v) is 6.45. The number of carboxylic acid groups (broad SMARTS) is 1. The lowest BCUT2D eigenvalue weighted by atomic mass is 10.1. The van der Waals surface area contributed by atoms with Crippen molar-refractivity contribution < 1.29 is 19.0 Å². The molecule has 1 N–H and O–H groups in total. The van der Waals surface area contributed by atoms with Crippen molar-refractivity contribution in [3.8, 4) is 17.0 Å². The third kappa shape index (κ3) is 3.53. The molecule has 3 rings (SSSR count). The summed E-state index contributed by atoms with van der Waals surface area (Å²) in [5.74, 6) is -0.638. The number of benzene rings is 2. The largest absolute Gasteiger partial charge is 0.496 e. The van der Waals surface area contributed by atoms with Gasteiger partial charge in [-0.2, -0.15) is 0 Å². The predicted octanol–water partition coefficient (Wildman–Crippen LogP) is 3.99. The molecule has 0 aliphatic rings. The molecule has 6 nitrogen and oxygen atoms in total. The smallest absolute Gasteiger partial charge is 0.339 e. The van der Waals surface area contributed by atoms with Crippen molar-refractivity contribution in [2.45, 2.75) is 19.9 Å². The summed E-state index contributed by atoms with van der Waals surface area (Å²) < 4.78 is 18.5. The zero-order valence-electron chi connectivity index (χ0n) is 15.5. The van der Waals surface area contributed by atoms with Crippen molar-refractivity contribution >= 4 is 22.8 Å². The lowest BCUT2D eigenvalue weighted by molar-refractivity contribution is 0.0693. The van der Waals surface area contributed by atoms with E-state index in [1.807, 2.05) is 25.8 Å². The Hall–Kier alpha value is -3.22. The molecule has 1 heterocycles. The van der Waals surface area contributed by atoms with E-state index in [2.05, 4.69) is 9.97 Å². The van der Waals surface area contributed by atoms with Gasteiger partial charge in [0.25, 0.3) is 0 Å². The number of anilines is 1. The van der Waals surface area contributed by atoms with Gasteiger partial charge in [0, 0.05) is 24.7 Å². The summed E-state index contributed by atoms with van der Waals surface area (Å²) in [5.41, 5.74) is 2.27. The van der Waals surface area contributed by atoms with E-state index in [0.29, 0.717) is 22.5 Å². The first kappa shape index (κ1) is 18.6. The number of rotatable bonds is 5. The van der Waals surface area contributed by atoms with Crippen LogP contribution in [0.25, 0.3) is 22.3 Å². The standard InChI is InChI=1S/C20H20FN3O3/c1-11(2)24(3)19-18(12-5-7-13(21)8-6-12)22-16-10-17(27-4)14(20(25)26)9-15(16)23-19/h5-11H,1-4H3,(H,25,26). The molecular weight excluding hydrogens is 349 g/mol. The summed E-state index contributed by atoms with van der Waals surface area (Å²) in [6.45, 7) is 4.02. The zero-order valence-corrected chi connectivity index (χ0v) is 15.5. The van der Waals surface area contributed by atoms with Gasteiger partial charge in [0.05, 0.1) is 18.1 Å². The highest BCUT2D eigenvalue weighted by molar-refractivity contribution is 5.96. The summed E-state index contributed by atoms with van der Waals surface area (Å²) >= 11 is 0. The molecule has 140 valence electrons. The molecule has 0 unspecified atom stereocenters. The van der Waals surface area contributed by atoms with Gasteiger partial charge in [-0.3, -0.25) is 0 Å². The van der Waals surface area contributed by atoms with Crippen LogP contribution >= 0.6 is 0 Å². The molecule has 7 heteroatoms. The molecule has 1 aromatic heterocycles. The van der Waals surface area contributed by atoms with Crippen molar-refractivity contribution in [2.75, 3.05) is 19.1 Å². The van der Waals surface area contributed by atoms with Gasteiger partial charge in [0.1, 0.15) is 22.8 Å². The highest BCUT2D eigenvalue weighted by Crippen LogP contribution is 2.32. The SMILES string of the molecule is COc1cc2nc(-c3ccc(F)cc3)c(N(C)C(C)C)nc2cc1C(=O)O. The molecule has 0 atom stereocenters. The maximum Gasteiger partial charge on any atom is 0.339 e. The minimum Gasteiger partial charge on any atom is -0.496 e. The number of fused-ring (bicyclic) bond motifs is 1. The quantitative estimate of drug-likeness (QED) is 0.733. The number of methoxy groups -OCH3 is 1. The number of halogens is 1. The van der Waals surface area contributed by atoms with Gasteiger partial charge in [-0.25, -0.2) is 19.2 Å². The van der Waals surface area contributed by atoms with E-state index in [0.717, 1.165) is 5.56 Å². The van der Waals surface area contributed by atoms with E-state index < -0.39 is 5.97 Å². The Morgan fingerprint density at radius 1 is 1.15 bits per heavy atom. The van der Waals surface area contributed by atoms with Crippen LogP contribution in [0, 0.1) is 5.82 Å². The van der Waals surface area contributed by atoms with E-state index in [4.69, 9.17) is 4.74 Å². The molecule has 0 aliphatic heterocycles. The van der Waals surface area contributed by atoms with Gasteiger partial charge in [0.15, 0.2) is 5.82 Å². The molecule has 2 aromatic carbocycles. The zero-order chi connectivity index (χ0) is 19.7. The molecule has 0 spiro atoms. The first-order valence-electron chi connectivity index (χ1n) is 8.43. The van der Waals surface area contributed by atoms with Crippen LogP contribution in [0.15, 0.2) is 36.4 Å². The molecule has 0 saturated heterocycles. The van der Waals surface area contributed by atoms with Gasteiger partial charge >= 0.3 is 5.97 Å². The molecular formula is C20H20FN3O3. The Morgan fingerprint density at radius 2 is 1.78 bits per heavy atom. The van der Waals surface area contributed by atoms with Crippen LogP contribution < -0.4 is 9.64 Å². The van der Waals surface area contributed by atoms with Gasteiger partial charge in [0.2, 0.25) is 0 Å². The van der Waals surface area contributed by atoms with Crippen molar-refractivity contribution in [3.05, 3.63) is 47.8 Å². The average molecular weight is 369 g/mol. The fourth-order valence-electron chi connectivity index (χ4n) is 2.70. The van der Waals surface area contributed by atoms with Gasteiger partial charge in [-0.15, -0.1) is 0 Å². The summed E-state index contributed by atoms with van der Waals surface area (Å²) in [6.07, 6.45) is 0. The minimum atomic E-state index is -1.10. The topological polar surface area (TPSA) is 75.5 Å². The van der Waals surface area contributed by atoms with Crippen LogP contribution in [0.5, 0.6) is 5.75 Å². The number of nitrogens with zero attached hydrogens (tertiary/aromatic N) is 3. The lowest BCUT2D eigenvalue weighted by Gasteiger charge is -2.25.